The van der Waals surface area contributed by atoms with Crippen LogP contribution >= 0.6 is 11.3 Å². The predicted molar refractivity (Wildman–Crippen MR) is 90.8 cm³/mol. The van der Waals surface area contributed by atoms with Crippen LogP contribution in [-0.4, -0.2) is 24.1 Å². The van der Waals surface area contributed by atoms with Gasteiger partial charge in [0.2, 0.25) is 0 Å². The smallest absolute Gasteiger partial charge is 0.336 e. The zero-order valence-corrected chi connectivity index (χ0v) is 14.3. The molecule has 2 atom stereocenters. The van der Waals surface area contributed by atoms with Gasteiger partial charge in [-0.05, 0) is 37.6 Å². The van der Waals surface area contributed by atoms with Crippen LogP contribution in [0.5, 0.6) is 0 Å². The molecule has 2 aliphatic rings. The maximum Gasteiger partial charge on any atom is 0.336 e. The van der Waals surface area contributed by atoms with Crippen LogP contribution in [0.25, 0.3) is 0 Å². The van der Waals surface area contributed by atoms with Crippen LogP contribution in [0.4, 0.5) is 0 Å². The van der Waals surface area contributed by atoms with Crippen LogP contribution in [0.15, 0.2) is 33.8 Å². The average molecular weight is 331 g/mol. The van der Waals surface area contributed by atoms with E-state index in [-0.39, 0.29) is 23.6 Å². The van der Waals surface area contributed by atoms with Crippen molar-refractivity contribution in [1.29, 1.82) is 0 Å². The molecule has 0 spiro atoms. The van der Waals surface area contributed by atoms with Crippen molar-refractivity contribution in [2.75, 3.05) is 6.61 Å². The van der Waals surface area contributed by atoms with Crippen molar-refractivity contribution in [3.63, 3.8) is 0 Å². The second kappa shape index (κ2) is 6.79. The molecule has 1 aliphatic carbocycles. The number of hydrogen-bond acceptors (Lipinski definition) is 5. The number of carbonyl (C=O) groups is 2. The maximum absolute atomic E-state index is 12.6. The summed E-state index contributed by atoms with van der Waals surface area (Å²) in [5.74, 6) is -0.666. The molecule has 122 valence electrons. The first-order valence-electron chi connectivity index (χ1n) is 8.15. The molecule has 1 aromatic heterocycles. The highest BCUT2D eigenvalue weighted by Crippen LogP contribution is 2.44. The number of allylic oxidation sites excluding steroid dienone is 1. The van der Waals surface area contributed by atoms with Gasteiger partial charge in [0.25, 0.3) is 0 Å². The van der Waals surface area contributed by atoms with Crippen LogP contribution in [-0.2, 0) is 14.3 Å². The number of thiophene rings is 1. The molecule has 1 aliphatic heterocycles. The molecule has 2 heterocycles. The molecule has 0 saturated heterocycles. The van der Waals surface area contributed by atoms with Gasteiger partial charge in [-0.2, -0.15) is 0 Å². The number of ether oxygens (including phenoxy) is 1. The molecule has 0 bridgehead atoms. The van der Waals surface area contributed by atoms with Crippen molar-refractivity contribution in [2.45, 2.75) is 45.4 Å². The third-order valence-electron chi connectivity index (χ3n) is 4.41. The van der Waals surface area contributed by atoms with E-state index in [1.165, 1.54) is 0 Å². The molecule has 0 N–H and O–H groups in total. The van der Waals surface area contributed by atoms with Crippen LogP contribution in [0.1, 0.15) is 50.3 Å². The molecule has 23 heavy (non-hydrogen) atoms. The Morgan fingerprint density at radius 3 is 2.91 bits per heavy atom. The van der Waals surface area contributed by atoms with E-state index in [4.69, 9.17) is 4.74 Å². The summed E-state index contributed by atoms with van der Waals surface area (Å²) < 4.78 is 5.37. The topological polar surface area (TPSA) is 55.7 Å². The lowest BCUT2D eigenvalue weighted by molar-refractivity contribution is -0.139. The number of esters is 1. The van der Waals surface area contributed by atoms with Gasteiger partial charge in [0.05, 0.1) is 18.1 Å². The highest BCUT2D eigenvalue weighted by molar-refractivity contribution is 7.10. The van der Waals surface area contributed by atoms with Gasteiger partial charge in [-0.3, -0.25) is 9.79 Å². The monoisotopic (exact) mass is 331 g/mol. The molecular weight excluding hydrogens is 310 g/mol. The van der Waals surface area contributed by atoms with Gasteiger partial charge in [-0.15, -0.1) is 11.3 Å². The highest BCUT2D eigenvalue weighted by Gasteiger charge is 2.44. The van der Waals surface area contributed by atoms with E-state index in [2.05, 4.69) is 4.99 Å². The Balaban J connectivity index is 2.06. The average Bonchev–Trinajstić information content (AvgIpc) is 3.05. The van der Waals surface area contributed by atoms with Crippen LogP contribution in [0.2, 0.25) is 0 Å². The van der Waals surface area contributed by atoms with Gasteiger partial charge in [0.15, 0.2) is 0 Å². The largest absolute Gasteiger partial charge is 0.462 e. The number of ketones is 1. The van der Waals surface area contributed by atoms with Gasteiger partial charge >= 0.3 is 5.97 Å². The van der Waals surface area contributed by atoms with Crippen molar-refractivity contribution in [2.24, 2.45) is 10.9 Å². The molecule has 3 rings (SSSR count). The minimum absolute atomic E-state index is 0.196. The molecule has 1 fully saturated rings. The molecular formula is C18H21NO3S. The second-order valence-electron chi connectivity index (χ2n) is 6.03. The Hall–Kier alpha value is -1.75. The predicted octanol–water partition coefficient (Wildman–Crippen LogP) is 3.88. The highest BCUT2D eigenvalue weighted by atomic mass is 32.1. The lowest BCUT2D eigenvalue weighted by Gasteiger charge is -2.34. The van der Waals surface area contributed by atoms with Crippen molar-refractivity contribution >= 4 is 28.8 Å². The zero-order chi connectivity index (χ0) is 16.4. The molecule has 1 aromatic rings. The lowest BCUT2D eigenvalue weighted by atomic mass is 9.71. The lowest BCUT2D eigenvalue weighted by Crippen LogP contribution is -2.38. The van der Waals surface area contributed by atoms with Crippen LogP contribution in [0, 0.1) is 5.92 Å². The number of fused-ring (bicyclic) bond motifs is 1. The normalized spacial score (nSPS) is 24.3. The van der Waals surface area contributed by atoms with Crippen LogP contribution < -0.4 is 0 Å². The number of Topliss-reactive ketones (excluding diaryl/α,β-unsaturated/α-hetero) is 1. The fraction of sp³-hybridized carbons (Fsp3) is 0.500. The Kier molecular flexibility index (Phi) is 4.76. The SMILES string of the molecule is CCCOC(=O)C1=C(C)N=C2CCCC(=O)[C@H]2[C@@H]1c1cccs1. The van der Waals surface area contributed by atoms with Crippen molar-refractivity contribution in [1.82, 2.24) is 0 Å². The van der Waals surface area contributed by atoms with Crippen molar-refractivity contribution < 1.29 is 14.3 Å². The number of aliphatic imine (C=N–C) groups is 1. The molecule has 4 nitrogen and oxygen atoms in total. The summed E-state index contributed by atoms with van der Waals surface area (Å²) in [6.07, 6.45) is 3.04. The second-order valence-corrected chi connectivity index (χ2v) is 7.01. The summed E-state index contributed by atoms with van der Waals surface area (Å²) in [5, 5.41) is 1.98. The Morgan fingerprint density at radius 1 is 1.39 bits per heavy atom. The van der Waals surface area contributed by atoms with E-state index in [1.807, 2.05) is 31.4 Å². The van der Waals surface area contributed by atoms with Gasteiger partial charge in [-0.1, -0.05) is 13.0 Å². The fourth-order valence-corrected chi connectivity index (χ4v) is 4.31. The summed E-state index contributed by atoms with van der Waals surface area (Å²) in [6.45, 7) is 4.21. The number of nitrogens with zero attached hydrogens (tertiary/aromatic N) is 1. The fourth-order valence-electron chi connectivity index (χ4n) is 3.43. The first kappa shape index (κ1) is 16.1. The van der Waals surface area contributed by atoms with Crippen molar-refractivity contribution in [3.8, 4) is 0 Å². The quantitative estimate of drug-likeness (QED) is 0.787. The van der Waals surface area contributed by atoms with Gasteiger partial charge < -0.3 is 4.74 Å². The van der Waals surface area contributed by atoms with E-state index in [1.54, 1.807) is 11.3 Å². The van der Waals surface area contributed by atoms with E-state index < -0.39 is 0 Å². The number of hydrogen-bond donors (Lipinski definition) is 0. The Bertz CT molecular complexity index is 672. The standard InChI is InChI=1S/C18H21NO3S/c1-3-9-22-18(21)15-11(2)19-12-6-4-7-13(20)16(12)17(15)14-8-5-10-23-14/h5,8,10,16-17H,3-4,6-7,9H2,1-2H3/t16-,17+/m0/s1. The van der Waals surface area contributed by atoms with Crippen molar-refractivity contribution in [3.05, 3.63) is 33.7 Å². The van der Waals surface area contributed by atoms with Gasteiger partial charge in [0, 0.05) is 28.6 Å². The first-order valence-corrected chi connectivity index (χ1v) is 9.03. The van der Waals surface area contributed by atoms with E-state index in [9.17, 15) is 9.59 Å². The summed E-state index contributed by atoms with van der Waals surface area (Å²) in [7, 11) is 0. The minimum atomic E-state index is -0.330. The molecule has 0 radical (unpaired) electrons. The summed E-state index contributed by atoms with van der Waals surface area (Å²) in [6, 6.07) is 3.96. The summed E-state index contributed by atoms with van der Waals surface area (Å²) >= 11 is 1.59. The van der Waals surface area contributed by atoms with Gasteiger partial charge in [-0.25, -0.2) is 4.79 Å². The summed E-state index contributed by atoms with van der Waals surface area (Å²) in [4.78, 5) is 30.8. The first-order chi connectivity index (χ1) is 11.1. The van der Waals surface area contributed by atoms with E-state index in [0.717, 1.165) is 29.9 Å². The minimum Gasteiger partial charge on any atom is -0.462 e. The third kappa shape index (κ3) is 3.02. The summed E-state index contributed by atoms with van der Waals surface area (Å²) in [5.41, 5.74) is 2.19. The zero-order valence-electron chi connectivity index (χ0n) is 13.5. The maximum atomic E-state index is 12.6. The molecule has 0 unspecified atom stereocenters. The number of carbonyl (C=O) groups excluding carboxylic acids is 2. The molecule has 5 heteroatoms. The van der Waals surface area contributed by atoms with E-state index in [0.29, 0.717) is 24.3 Å². The Morgan fingerprint density at radius 2 is 2.22 bits per heavy atom. The van der Waals surface area contributed by atoms with Gasteiger partial charge in [0.1, 0.15) is 5.78 Å². The third-order valence-corrected chi connectivity index (χ3v) is 5.37. The molecule has 0 amide bonds. The number of rotatable bonds is 4. The Labute approximate surface area is 140 Å². The van der Waals surface area contributed by atoms with E-state index >= 15 is 0 Å². The van der Waals surface area contributed by atoms with Crippen LogP contribution in [0.3, 0.4) is 0 Å². The molecule has 1 saturated carbocycles. The molecule has 0 aromatic carbocycles.